The summed E-state index contributed by atoms with van der Waals surface area (Å²) >= 11 is 0. The van der Waals surface area contributed by atoms with Crippen LogP contribution in [0, 0.1) is 5.82 Å². The van der Waals surface area contributed by atoms with Crippen LogP contribution < -0.4 is 14.8 Å². The Hall–Kier alpha value is -2.76. The summed E-state index contributed by atoms with van der Waals surface area (Å²) in [5.74, 6) is -0.670. The van der Waals surface area contributed by atoms with E-state index in [4.69, 9.17) is 9.47 Å². The van der Waals surface area contributed by atoms with Gasteiger partial charge >= 0.3 is 0 Å². The standard InChI is InChI=1S/C15H14FNO4/c1-20-9-4-6-12(16)13(7-9)17-15(19)11-5-3-10(21-2)8-14(11)18/h3-8,18H,1-2H3,(H,17,19). The van der Waals surface area contributed by atoms with Crippen molar-refractivity contribution >= 4 is 11.6 Å². The fourth-order valence-electron chi connectivity index (χ4n) is 1.75. The molecule has 0 spiro atoms. The van der Waals surface area contributed by atoms with Gasteiger partial charge in [0.05, 0.1) is 25.5 Å². The number of ether oxygens (including phenoxy) is 2. The molecule has 0 bridgehead atoms. The number of nitrogens with one attached hydrogen (secondary N) is 1. The first-order valence-corrected chi connectivity index (χ1v) is 6.07. The maximum absolute atomic E-state index is 13.6. The number of carbonyl (C=O) groups is 1. The number of halogens is 1. The molecule has 0 unspecified atom stereocenters. The summed E-state index contributed by atoms with van der Waals surface area (Å²) in [6.07, 6.45) is 0. The Morgan fingerprint density at radius 3 is 2.33 bits per heavy atom. The van der Waals surface area contributed by atoms with E-state index in [0.717, 1.165) is 0 Å². The van der Waals surface area contributed by atoms with Crippen molar-refractivity contribution in [2.45, 2.75) is 0 Å². The molecule has 21 heavy (non-hydrogen) atoms. The van der Waals surface area contributed by atoms with Gasteiger partial charge in [0, 0.05) is 12.1 Å². The molecule has 0 aliphatic heterocycles. The Kier molecular flexibility index (Phi) is 4.27. The molecule has 1 amide bonds. The van der Waals surface area contributed by atoms with Gasteiger partial charge in [0.15, 0.2) is 0 Å². The third kappa shape index (κ3) is 3.22. The van der Waals surface area contributed by atoms with E-state index in [9.17, 15) is 14.3 Å². The van der Waals surface area contributed by atoms with Crippen molar-refractivity contribution in [3.05, 3.63) is 47.8 Å². The zero-order chi connectivity index (χ0) is 15.4. The molecule has 0 radical (unpaired) electrons. The molecule has 0 fully saturated rings. The van der Waals surface area contributed by atoms with Crippen LogP contribution in [0.3, 0.4) is 0 Å². The minimum Gasteiger partial charge on any atom is -0.507 e. The van der Waals surface area contributed by atoms with Crippen LogP contribution in [0.4, 0.5) is 10.1 Å². The van der Waals surface area contributed by atoms with Gasteiger partial charge in [-0.05, 0) is 24.3 Å². The van der Waals surface area contributed by atoms with Crippen molar-refractivity contribution in [2.24, 2.45) is 0 Å². The molecule has 2 aromatic carbocycles. The molecule has 0 heterocycles. The molecule has 2 aromatic rings. The van der Waals surface area contributed by atoms with Crippen LogP contribution in [0.15, 0.2) is 36.4 Å². The second-order valence-electron chi connectivity index (χ2n) is 4.18. The molecule has 0 aliphatic rings. The lowest BCUT2D eigenvalue weighted by atomic mass is 10.1. The Balaban J connectivity index is 2.26. The number of methoxy groups -OCH3 is 2. The number of phenolic OH excluding ortho intramolecular Hbond substituents is 1. The highest BCUT2D eigenvalue weighted by Crippen LogP contribution is 2.26. The number of carbonyl (C=O) groups excluding carboxylic acids is 1. The monoisotopic (exact) mass is 291 g/mol. The van der Waals surface area contributed by atoms with Crippen LogP contribution in [0.2, 0.25) is 0 Å². The van der Waals surface area contributed by atoms with Gasteiger partial charge in [0.25, 0.3) is 5.91 Å². The lowest BCUT2D eigenvalue weighted by Gasteiger charge is -2.10. The number of anilines is 1. The molecular weight excluding hydrogens is 277 g/mol. The van der Waals surface area contributed by atoms with Crippen LogP contribution in [0.5, 0.6) is 17.2 Å². The SMILES string of the molecule is COc1ccc(C(=O)Nc2cc(OC)ccc2F)c(O)c1. The molecule has 0 aliphatic carbocycles. The number of hydrogen-bond acceptors (Lipinski definition) is 4. The highest BCUT2D eigenvalue weighted by molar-refractivity contribution is 6.06. The minimum atomic E-state index is -0.637. The number of phenols is 1. The van der Waals surface area contributed by atoms with Gasteiger partial charge < -0.3 is 19.9 Å². The number of rotatable bonds is 4. The summed E-state index contributed by atoms with van der Waals surface area (Å²) in [7, 11) is 2.88. The average Bonchev–Trinajstić information content (AvgIpc) is 2.49. The van der Waals surface area contributed by atoms with Crippen LogP contribution in [-0.2, 0) is 0 Å². The van der Waals surface area contributed by atoms with Gasteiger partial charge in [-0.3, -0.25) is 4.79 Å². The zero-order valence-corrected chi connectivity index (χ0v) is 11.5. The van der Waals surface area contributed by atoms with E-state index in [0.29, 0.717) is 11.5 Å². The van der Waals surface area contributed by atoms with E-state index in [1.165, 1.54) is 50.6 Å². The maximum Gasteiger partial charge on any atom is 0.259 e. The minimum absolute atomic E-state index is 0.0121. The Labute approximate surface area is 120 Å². The van der Waals surface area contributed by atoms with Gasteiger partial charge in [-0.15, -0.1) is 0 Å². The fourth-order valence-corrected chi connectivity index (χ4v) is 1.75. The molecular formula is C15H14FNO4. The summed E-state index contributed by atoms with van der Waals surface area (Å²) in [5.41, 5.74) is -0.0208. The highest BCUT2D eigenvalue weighted by atomic mass is 19.1. The maximum atomic E-state index is 13.6. The van der Waals surface area contributed by atoms with Crippen molar-refractivity contribution in [3.63, 3.8) is 0 Å². The summed E-state index contributed by atoms with van der Waals surface area (Å²) < 4.78 is 23.5. The van der Waals surface area contributed by atoms with E-state index >= 15 is 0 Å². The van der Waals surface area contributed by atoms with Crippen LogP contribution in [0.1, 0.15) is 10.4 Å². The second-order valence-corrected chi connectivity index (χ2v) is 4.18. The first-order valence-electron chi connectivity index (χ1n) is 6.07. The zero-order valence-electron chi connectivity index (χ0n) is 11.5. The predicted molar refractivity (Wildman–Crippen MR) is 75.6 cm³/mol. The summed E-state index contributed by atoms with van der Waals surface area (Å²) in [4.78, 5) is 12.1. The highest BCUT2D eigenvalue weighted by Gasteiger charge is 2.14. The van der Waals surface area contributed by atoms with E-state index < -0.39 is 11.7 Å². The van der Waals surface area contributed by atoms with Crippen molar-refractivity contribution in [2.75, 3.05) is 19.5 Å². The largest absolute Gasteiger partial charge is 0.507 e. The summed E-state index contributed by atoms with van der Waals surface area (Å²) in [5, 5.41) is 12.2. The quantitative estimate of drug-likeness (QED) is 0.909. The number of hydrogen-bond donors (Lipinski definition) is 2. The van der Waals surface area contributed by atoms with Gasteiger partial charge in [0.1, 0.15) is 23.1 Å². The Morgan fingerprint density at radius 1 is 1.10 bits per heavy atom. The van der Waals surface area contributed by atoms with Gasteiger partial charge in [-0.25, -0.2) is 4.39 Å². The Morgan fingerprint density at radius 2 is 1.71 bits per heavy atom. The predicted octanol–water partition coefficient (Wildman–Crippen LogP) is 2.80. The normalized spacial score (nSPS) is 10.0. The molecule has 0 saturated carbocycles. The van der Waals surface area contributed by atoms with E-state index in [1.54, 1.807) is 0 Å². The number of aromatic hydroxyl groups is 1. The van der Waals surface area contributed by atoms with Crippen LogP contribution >= 0.6 is 0 Å². The van der Waals surface area contributed by atoms with Gasteiger partial charge in [0.2, 0.25) is 0 Å². The molecule has 0 atom stereocenters. The molecule has 110 valence electrons. The summed E-state index contributed by atoms with van der Waals surface area (Å²) in [6.45, 7) is 0. The molecule has 0 saturated heterocycles. The second kappa shape index (κ2) is 6.13. The van der Waals surface area contributed by atoms with E-state index in [1.807, 2.05) is 0 Å². The van der Waals surface area contributed by atoms with Gasteiger partial charge in [-0.2, -0.15) is 0 Å². The number of amides is 1. The first kappa shape index (κ1) is 14.6. The topological polar surface area (TPSA) is 67.8 Å². The lowest BCUT2D eigenvalue weighted by Crippen LogP contribution is -2.13. The van der Waals surface area contributed by atoms with Crippen molar-refractivity contribution < 1.29 is 23.8 Å². The lowest BCUT2D eigenvalue weighted by molar-refractivity contribution is 0.102. The van der Waals surface area contributed by atoms with Crippen LogP contribution in [0.25, 0.3) is 0 Å². The molecule has 0 aromatic heterocycles. The Bertz CT molecular complexity index is 673. The average molecular weight is 291 g/mol. The van der Waals surface area contributed by atoms with Crippen molar-refractivity contribution in [3.8, 4) is 17.2 Å². The molecule has 2 N–H and O–H groups in total. The third-order valence-corrected chi connectivity index (χ3v) is 2.87. The fraction of sp³-hybridized carbons (Fsp3) is 0.133. The first-order chi connectivity index (χ1) is 10.0. The third-order valence-electron chi connectivity index (χ3n) is 2.87. The van der Waals surface area contributed by atoms with E-state index in [2.05, 4.69) is 5.32 Å². The molecule has 5 nitrogen and oxygen atoms in total. The summed E-state index contributed by atoms with van der Waals surface area (Å²) in [6, 6.07) is 8.20. The van der Waals surface area contributed by atoms with Gasteiger partial charge in [-0.1, -0.05) is 0 Å². The van der Waals surface area contributed by atoms with E-state index in [-0.39, 0.29) is 17.0 Å². The smallest absolute Gasteiger partial charge is 0.259 e. The van der Waals surface area contributed by atoms with Crippen molar-refractivity contribution in [1.29, 1.82) is 0 Å². The molecule has 6 heteroatoms. The van der Waals surface area contributed by atoms with Crippen LogP contribution in [-0.4, -0.2) is 25.2 Å². The molecule has 2 rings (SSSR count). The number of benzene rings is 2. The van der Waals surface area contributed by atoms with Crippen molar-refractivity contribution in [1.82, 2.24) is 0 Å².